The topological polar surface area (TPSA) is 53.2 Å². The molecule has 0 bridgehead atoms. The summed E-state index contributed by atoms with van der Waals surface area (Å²) in [7, 11) is 0. The van der Waals surface area contributed by atoms with Gasteiger partial charge in [0.15, 0.2) is 0 Å². The molecule has 1 aromatic heterocycles. The van der Waals surface area contributed by atoms with Gasteiger partial charge in [0.25, 0.3) is 5.56 Å². The molecule has 3 rings (SSSR count). The highest BCUT2D eigenvalue weighted by Gasteiger charge is 2.19. The molecular weight excluding hydrogens is 292 g/mol. The summed E-state index contributed by atoms with van der Waals surface area (Å²) in [5.74, 6) is 0.325. The molecule has 0 spiro atoms. The SMILES string of the molecule is CCn1cc(-c2ccccc2)c(=O)n(CC2CCOCC2)c1=O. The zero-order valence-electron chi connectivity index (χ0n) is 13.4. The summed E-state index contributed by atoms with van der Waals surface area (Å²) in [6, 6.07) is 9.53. The Labute approximate surface area is 135 Å². The van der Waals surface area contributed by atoms with Crippen molar-refractivity contribution in [3.63, 3.8) is 0 Å². The van der Waals surface area contributed by atoms with Crippen molar-refractivity contribution in [3.8, 4) is 11.1 Å². The van der Waals surface area contributed by atoms with Crippen LogP contribution < -0.4 is 11.2 Å². The van der Waals surface area contributed by atoms with Gasteiger partial charge in [-0.2, -0.15) is 0 Å². The third kappa shape index (κ3) is 3.29. The molecule has 0 unspecified atom stereocenters. The maximum atomic E-state index is 12.9. The maximum absolute atomic E-state index is 12.9. The smallest absolute Gasteiger partial charge is 0.330 e. The molecule has 1 saturated heterocycles. The number of hydrogen-bond donors (Lipinski definition) is 0. The molecule has 0 amide bonds. The van der Waals surface area contributed by atoms with Crippen LogP contribution in [0.5, 0.6) is 0 Å². The predicted molar refractivity (Wildman–Crippen MR) is 89.6 cm³/mol. The van der Waals surface area contributed by atoms with Gasteiger partial charge in [-0.25, -0.2) is 4.79 Å². The number of rotatable bonds is 4. The molecule has 1 aliphatic heterocycles. The summed E-state index contributed by atoms with van der Waals surface area (Å²) >= 11 is 0. The summed E-state index contributed by atoms with van der Waals surface area (Å²) in [5.41, 5.74) is 1.01. The van der Waals surface area contributed by atoms with Crippen LogP contribution in [-0.4, -0.2) is 22.3 Å². The highest BCUT2D eigenvalue weighted by Crippen LogP contribution is 2.17. The van der Waals surface area contributed by atoms with Crippen molar-refractivity contribution < 1.29 is 4.74 Å². The van der Waals surface area contributed by atoms with E-state index in [0.29, 0.717) is 37.8 Å². The van der Waals surface area contributed by atoms with Gasteiger partial charge >= 0.3 is 5.69 Å². The molecule has 0 aliphatic carbocycles. The highest BCUT2D eigenvalue weighted by molar-refractivity contribution is 5.61. The third-order valence-corrected chi connectivity index (χ3v) is 4.44. The van der Waals surface area contributed by atoms with Crippen molar-refractivity contribution >= 4 is 0 Å². The second kappa shape index (κ2) is 6.96. The molecule has 0 radical (unpaired) electrons. The van der Waals surface area contributed by atoms with Gasteiger partial charge < -0.3 is 9.30 Å². The van der Waals surface area contributed by atoms with Gasteiger partial charge in [-0.3, -0.25) is 9.36 Å². The van der Waals surface area contributed by atoms with Gasteiger partial charge in [0, 0.05) is 32.5 Å². The Kier molecular flexibility index (Phi) is 4.76. The van der Waals surface area contributed by atoms with E-state index in [1.54, 1.807) is 10.8 Å². The van der Waals surface area contributed by atoms with Crippen molar-refractivity contribution in [2.75, 3.05) is 13.2 Å². The first-order valence-corrected chi connectivity index (χ1v) is 8.18. The Morgan fingerprint density at radius 2 is 1.83 bits per heavy atom. The van der Waals surface area contributed by atoms with Gasteiger partial charge in [0.05, 0.1) is 5.56 Å². The molecule has 0 N–H and O–H groups in total. The maximum Gasteiger partial charge on any atom is 0.330 e. The fourth-order valence-electron chi connectivity index (χ4n) is 3.04. The van der Waals surface area contributed by atoms with E-state index in [-0.39, 0.29) is 11.2 Å². The van der Waals surface area contributed by atoms with Crippen LogP contribution in [0.15, 0.2) is 46.1 Å². The number of hydrogen-bond acceptors (Lipinski definition) is 3. The third-order valence-electron chi connectivity index (χ3n) is 4.44. The van der Waals surface area contributed by atoms with Crippen LogP contribution in [0.1, 0.15) is 19.8 Å². The highest BCUT2D eigenvalue weighted by atomic mass is 16.5. The molecule has 1 aliphatic rings. The standard InChI is InChI=1S/C18H22N2O3/c1-2-19-13-16(15-6-4-3-5-7-15)17(21)20(18(19)22)12-14-8-10-23-11-9-14/h3-7,13-14H,2,8-12H2,1H3. The Balaban J connectivity index is 2.07. The molecular formula is C18H22N2O3. The van der Waals surface area contributed by atoms with Gasteiger partial charge in [-0.05, 0) is 31.2 Å². The molecule has 23 heavy (non-hydrogen) atoms. The van der Waals surface area contributed by atoms with Crippen molar-refractivity contribution in [2.24, 2.45) is 5.92 Å². The van der Waals surface area contributed by atoms with Crippen LogP contribution >= 0.6 is 0 Å². The van der Waals surface area contributed by atoms with E-state index in [4.69, 9.17) is 4.74 Å². The lowest BCUT2D eigenvalue weighted by Gasteiger charge is -2.23. The van der Waals surface area contributed by atoms with Crippen LogP contribution in [0, 0.1) is 5.92 Å². The normalized spacial score (nSPS) is 15.7. The summed E-state index contributed by atoms with van der Waals surface area (Å²) in [5, 5.41) is 0. The Bertz CT molecular complexity index is 771. The van der Waals surface area contributed by atoms with Crippen LogP contribution in [0.2, 0.25) is 0 Å². The van der Waals surface area contributed by atoms with E-state index >= 15 is 0 Å². The largest absolute Gasteiger partial charge is 0.381 e. The lowest BCUT2D eigenvalue weighted by molar-refractivity contribution is 0.0604. The average Bonchev–Trinajstić information content (AvgIpc) is 2.60. The van der Waals surface area contributed by atoms with E-state index < -0.39 is 0 Å². The molecule has 5 heteroatoms. The first-order valence-electron chi connectivity index (χ1n) is 8.18. The summed E-state index contributed by atoms with van der Waals surface area (Å²) < 4.78 is 8.38. The van der Waals surface area contributed by atoms with Crippen molar-refractivity contribution in [2.45, 2.75) is 32.9 Å². The Hall–Kier alpha value is -2.14. The summed E-state index contributed by atoms with van der Waals surface area (Å²) in [6.45, 7) is 4.35. The first-order chi connectivity index (χ1) is 11.2. The van der Waals surface area contributed by atoms with Gasteiger partial charge in [0.2, 0.25) is 0 Å². The van der Waals surface area contributed by atoms with Crippen molar-refractivity contribution in [3.05, 3.63) is 57.4 Å². The fraction of sp³-hybridized carbons (Fsp3) is 0.444. The van der Waals surface area contributed by atoms with Gasteiger partial charge in [-0.15, -0.1) is 0 Å². The van der Waals surface area contributed by atoms with Gasteiger partial charge in [-0.1, -0.05) is 30.3 Å². The molecule has 2 aromatic rings. The number of benzene rings is 1. The summed E-state index contributed by atoms with van der Waals surface area (Å²) in [6.07, 6.45) is 3.47. The Morgan fingerprint density at radius 3 is 2.48 bits per heavy atom. The molecule has 122 valence electrons. The van der Waals surface area contributed by atoms with E-state index in [1.165, 1.54) is 4.57 Å². The van der Waals surface area contributed by atoms with E-state index in [1.807, 2.05) is 37.3 Å². The van der Waals surface area contributed by atoms with Crippen molar-refractivity contribution in [1.29, 1.82) is 0 Å². The zero-order valence-corrected chi connectivity index (χ0v) is 13.4. The second-order valence-electron chi connectivity index (χ2n) is 5.95. The van der Waals surface area contributed by atoms with Crippen molar-refractivity contribution in [1.82, 2.24) is 9.13 Å². The minimum absolute atomic E-state index is 0.197. The average molecular weight is 314 g/mol. The fourth-order valence-corrected chi connectivity index (χ4v) is 3.04. The second-order valence-corrected chi connectivity index (χ2v) is 5.95. The molecule has 1 fully saturated rings. The minimum Gasteiger partial charge on any atom is -0.381 e. The lowest BCUT2D eigenvalue weighted by atomic mass is 10.0. The van der Waals surface area contributed by atoms with E-state index in [0.717, 1.165) is 18.4 Å². The van der Waals surface area contributed by atoms with Crippen LogP contribution in [-0.2, 0) is 17.8 Å². The zero-order chi connectivity index (χ0) is 16.2. The quantitative estimate of drug-likeness (QED) is 0.868. The van der Waals surface area contributed by atoms with E-state index in [9.17, 15) is 9.59 Å². The monoisotopic (exact) mass is 314 g/mol. The number of ether oxygens (including phenoxy) is 1. The van der Waals surface area contributed by atoms with E-state index in [2.05, 4.69) is 0 Å². The van der Waals surface area contributed by atoms with Crippen LogP contribution in [0.3, 0.4) is 0 Å². The van der Waals surface area contributed by atoms with Gasteiger partial charge in [0.1, 0.15) is 0 Å². The molecule has 2 heterocycles. The summed E-state index contributed by atoms with van der Waals surface area (Å²) in [4.78, 5) is 25.4. The number of aryl methyl sites for hydroxylation is 1. The Morgan fingerprint density at radius 1 is 1.13 bits per heavy atom. The lowest BCUT2D eigenvalue weighted by Crippen LogP contribution is -2.42. The predicted octanol–water partition coefficient (Wildman–Crippen LogP) is 2.12. The van der Waals surface area contributed by atoms with Crippen LogP contribution in [0.4, 0.5) is 0 Å². The minimum atomic E-state index is -0.219. The molecule has 5 nitrogen and oxygen atoms in total. The molecule has 1 aromatic carbocycles. The molecule has 0 saturated carbocycles. The molecule has 0 atom stereocenters. The number of aromatic nitrogens is 2. The first kappa shape index (κ1) is 15.7. The number of nitrogens with zero attached hydrogens (tertiary/aromatic N) is 2. The van der Waals surface area contributed by atoms with Crippen LogP contribution in [0.25, 0.3) is 11.1 Å².